The quantitative estimate of drug-likeness (QED) is 0.775. The first-order valence-corrected chi connectivity index (χ1v) is 6.83. The molecule has 100 valence electrons. The van der Waals surface area contributed by atoms with Gasteiger partial charge in [-0.15, -0.1) is 0 Å². The zero-order valence-electron chi connectivity index (χ0n) is 10.8. The van der Waals surface area contributed by atoms with Gasteiger partial charge in [0.1, 0.15) is 0 Å². The van der Waals surface area contributed by atoms with Crippen LogP contribution in [0.2, 0.25) is 0 Å². The number of nitrogens with two attached hydrogens (primary N) is 1. The van der Waals surface area contributed by atoms with Gasteiger partial charge in [0.15, 0.2) is 0 Å². The number of hydrogen-bond donors (Lipinski definition) is 2. The number of aliphatic hydroxyl groups excluding tert-OH is 1. The van der Waals surface area contributed by atoms with Crippen molar-refractivity contribution < 1.29 is 5.11 Å². The third-order valence-electron chi connectivity index (χ3n) is 3.70. The topological polar surface area (TPSA) is 68.2 Å². The van der Waals surface area contributed by atoms with Crippen LogP contribution in [0.15, 0.2) is 16.9 Å². The maximum absolute atomic E-state index is 11.9. The highest BCUT2D eigenvalue weighted by Crippen LogP contribution is 2.26. The lowest BCUT2D eigenvalue weighted by molar-refractivity contribution is 0.281. The monoisotopic (exact) mass is 250 g/mol. The van der Waals surface area contributed by atoms with Gasteiger partial charge in [-0.2, -0.15) is 0 Å². The molecule has 1 unspecified atom stereocenters. The zero-order valence-corrected chi connectivity index (χ0v) is 10.8. The molecule has 1 aliphatic carbocycles. The number of rotatable bonds is 5. The number of nitrogens with zero attached hydrogens (tertiary/aromatic N) is 1. The summed E-state index contributed by atoms with van der Waals surface area (Å²) in [5.41, 5.74) is 8.44. The molecule has 0 radical (unpaired) electrons. The average molecular weight is 250 g/mol. The van der Waals surface area contributed by atoms with E-state index in [1.165, 1.54) is 0 Å². The Kier molecular flexibility index (Phi) is 4.55. The number of hydrogen-bond acceptors (Lipinski definition) is 3. The molecular formula is C14H22N2O2. The molecule has 0 aromatic carbocycles. The molecule has 0 fully saturated rings. The van der Waals surface area contributed by atoms with Crippen molar-refractivity contribution >= 4 is 0 Å². The Hall–Kier alpha value is -1.13. The minimum absolute atomic E-state index is 0.0758. The van der Waals surface area contributed by atoms with E-state index in [0.29, 0.717) is 0 Å². The highest BCUT2D eigenvalue weighted by Gasteiger charge is 2.19. The molecule has 0 saturated heterocycles. The van der Waals surface area contributed by atoms with E-state index in [-0.39, 0.29) is 18.2 Å². The van der Waals surface area contributed by atoms with Crippen molar-refractivity contribution in [1.82, 2.24) is 4.57 Å². The van der Waals surface area contributed by atoms with Gasteiger partial charge >= 0.3 is 0 Å². The van der Waals surface area contributed by atoms with E-state index in [1.54, 1.807) is 6.07 Å². The molecule has 4 nitrogen and oxygen atoms in total. The first-order chi connectivity index (χ1) is 8.74. The Labute approximate surface area is 107 Å². The summed E-state index contributed by atoms with van der Waals surface area (Å²) in [5.74, 6) is 0. The Balaban J connectivity index is 2.18. The normalized spacial score (nSPS) is 18.7. The standard InChI is InChI=1S/C14H22N2O2/c15-12-5-4-6-13-11(12)7-8-14(18)16(13)9-2-1-3-10-17/h7-8,12,17H,1-6,9-10,15H2. The minimum atomic E-state index is 0.0758. The van der Waals surface area contributed by atoms with Gasteiger partial charge in [0.2, 0.25) is 0 Å². The Morgan fingerprint density at radius 2 is 2.17 bits per heavy atom. The molecule has 1 atom stereocenters. The second-order valence-corrected chi connectivity index (χ2v) is 5.01. The third kappa shape index (κ3) is 2.82. The summed E-state index contributed by atoms with van der Waals surface area (Å²) >= 11 is 0. The van der Waals surface area contributed by atoms with E-state index in [9.17, 15) is 4.79 Å². The molecule has 0 bridgehead atoms. The summed E-state index contributed by atoms with van der Waals surface area (Å²) in [7, 11) is 0. The van der Waals surface area contributed by atoms with Crippen LogP contribution in [0.1, 0.15) is 49.4 Å². The molecule has 0 amide bonds. The number of fused-ring (bicyclic) bond motifs is 1. The van der Waals surface area contributed by atoms with Gasteiger partial charge in [-0.3, -0.25) is 4.79 Å². The summed E-state index contributed by atoms with van der Waals surface area (Å²) in [4.78, 5) is 11.9. The van der Waals surface area contributed by atoms with Gasteiger partial charge in [-0.05, 0) is 44.1 Å². The molecule has 1 aromatic heterocycles. The smallest absolute Gasteiger partial charge is 0.250 e. The van der Waals surface area contributed by atoms with Crippen LogP contribution >= 0.6 is 0 Å². The van der Waals surface area contributed by atoms with Crippen molar-refractivity contribution in [3.8, 4) is 0 Å². The Morgan fingerprint density at radius 3 is 2.94 bits per heavy atom. The van der Waals surface area contributed by atoms with Crippen molar-refractivity contribution in [2.75, 3.05) is 6.61 Å². The van der Waals surface area contributed by atoms with E-state index < -0.39 is 0 Å². The zero-order chi connectivity index (χ0) is 13.0. The van der Waals surface area contributed by atoms with Gasteiger partial charge in [0.05, 0.1) is 0 Å². The predicted molar refractivity (Wildman–Crippen MR) is 71.5 cm³/mol. The van der Waals surface area contributed by atoms with E-state index in [4.69, 9.17) is 10.8 Å². The third-order valence-corrected chi connectivity index (χ3v) is 3.70. The minimum Gasteiger partial charge on any atom is -0.396 e. The molecular weight excluding hydrogens is 228 g/mol. The molecule has 1 aromatic rings. The summed E-state index contributed by atoms with van der Waals surface area (Å²) in [6.07, 6.45) is 5.73. The van der Waals surface area contributed by atoms with Crippen LogP contribution in [0, 0.1) is 0 Å². The summed E-state index contributed by atoms with van der Waals surface area (Å²) in [5, 5.41) is 8.76. The van der Waals surface area contributed by atoms with Crippen molar-refractivity contribution in [1.29, 1.82) is 0 Å². The highest BCUT2D eigenvalue weighted by molar-refractivity contribution is 5.27. The molecule has 18 heavy (non-hydrogen) atoms. The first kappa shape index (κ1) is 13.3. The number of aliphatic hydroxyl groups is 1. The van der Waals surface area contributed by atoms with E-state index in [1.807, 2.05) is 10.6 Å². The average Bonchev–Trinajstić information content (AvgIpc) is 2.37. The SMILES string of the molecule is NC1CCCc2c1ccc(=O)n2CCCCCO. The first-order valence-electron chi connectivity index (χ1n) is 6.83. The van der Waals surface area contributed by atoms with Crippen LogP contribution in [-0.2, 0) is 13.0 Å². The van der Waals surface area contributed by atoms with Gasteiger partial charge in [0.25, 0.3) is 5.56 Å². The maximum atomic E-state index is 11.9. The molecule has 3 N–H and O–H groups in total. The number of unbranched alkanes of at least 4 members (excludes halogenated alkanes) is 2. The molecule has 1 heterocycles. The fraction of sp³-hybridized carbons (Fsp3) is 0.643. The van der Waals surface area contributed by atoms with Gasteiger partial charge in [0, 0.05) is 31.0 Å². The number of aromatic nitrogens is 1. The van der Waals surface area contributed by atoms with Gasteiger partial charge in [-0.1, -0.05) is 6.07 Å². The molecule has 0 spiro atoms. The van der Waals surface area contributed by atoms with Crippen LogP contribution in [0.5, 0.6) is 0 Å². The maximum Gasteiger partial charge on any atom is 0.250 e. The summed E-state index contributed by atoms with van der Waals surface area (Å²) in [6.45, 7) is 0.974. The van der Waals surface area contributed by atoms with Crippen LogP contribution < -0.4 is 11.3 Å². The van der Waals surface area contributed by atoms with Crippen molar-refractivity contribution in [3.63, 3.8) is 0 Å². The second-order valence-electron chi connectivity index (χ2n) is 5.01. The Morgan fingerprint density at radius 1 is 1.33 bits per heavy atom. The van der Waals surface area contributed by atoms with E-state index in [0.717, 1.165) is 56.3 Å². The van der Waals surface area contributed by atoms with Crippen molar-refractivity contribution in [2.24, 2.45) is 5.73 Å². The lowest BCUT2D eigenvalue weighted by Gasteiger charge is -2.25. The molecule has 4 heteroatoms. The molecule has 0 saturated carbocycles. The van der Waals surface area contributed by atoms with Crippen molar-refractivity contribution in [3.05, 3.63) is 33.7 Å². The highest BCUT2D eigenvalue weighted by atomic mass is 16.2. The van der Waals surface area contributed by atoms with E-state index in [2.05, 4.69) is 0 Å². The van der Waals surface area contributed by atoms with Crippen LogP contribution in [-0.4, -0.2) is 16.3 Å². The van der Waals surface area contributed by atoms with E-state index >= 15 is 0 Å². The lowest BCUT2D eigenvalue weighted by Crippen LogP contribution is -2.29. The fourth-order valence-corrected chi connectivity index (χ4v) is 2.70. The number of pyridine rings is 1. The summed E-state index contributed by atoms with van der Waals surface area (Å²) < 4.78 is 1.88. The van der Waals surface area contributed by atoms with Gasteiger partial charge in [-0.25, -0.2) is 0 Å². The Bertz CT molecular complexity index is 454. The molecule has 1 aliphatic rings. The molecule has 2 rings (SSSR count). The second kappa shape index (κ2) is 6.16. The molecule has 0 aliphatic heterocycles. The van der Waals surface area contributed by atoms with Crippen LogP contribution in [0.3, 0.4) is 0 Å². The van der Waals surface area contributed by atoms with Crippen LogP contribution in [0.25, 0.3) is 0 Å². The van der Waals surface area contributed by atoms with Crippen molar-refractivity contribution in [2.45, 2.75) is 51.1 Å². The predicted octanol–water partition coefficient (Wildman–Crippen LogP) is 1.35. The summed E-state index contributed by atoms with van der Waals surface area (Å²) in [6, 6.07) is 3.61. The van der Waals surface area contributed by atoms with Crippen LogP contribution in [0.4, 0.5) is 0 Å². The fourth-order valence-electron chi connectivity index (χ4n) is 2.70. The largest absolute Gasteiger partial charge is 0.396 e. The lowest BCUT2D eigenvalue weighted by atomic mass is 9.91. The van der Waals surface area contributed by atoms with Gasteiger partial charge < -0.3 is 15.4 Å².